The van der Waals surface area contributed by atoms with Crippen molar-refractivity contribution in [1.82, 2.24) is 5.32 Å². The molecule has 0 saturated carbocycles. The lowest BCUT2D eigenvalue weighted by Gasteiger charge is -2.26. The predicted molar refractivity (Wildman–Crippen MR) is 76.3 cm³/mol. The highest BCUT2D eigenvalue weighted by atomic mass is 16.3. The standard InChI is InChI=1S/C15H24N2O/c1-3-17(4-2)12-8-9-13(15(18)11-12)14-7-5-6-10-16-14/h8-9,11,14,16,18H,3-7,10H2,1-2H3/t14-/m1/s1. The number of nitrogens with zero attached hydrogens (tertiary/aromatic N) is 1. The smallest absolute Gasteiger partial charge is 0.122 e. The molecule has 0 spiro atoms. The molecule has 1 aliphatic heterocycles. The molecule has 0 radical (unpaired) electrons. The number of hydrogen-bond donors (Lipinski definition) is 2. The second kappa shape index (κ2) is 6.10. The van der Waals surface area contributed by atoms with Crippen LogP contribution in [0.1, 0.15) is 44.7 Å². The van der Waals surface area contributed by atoms with Crippen LogP contribution < -0.4 is 10.2 Å². The van der Waals surface area contributed by atoms with Crippen LogP contribution >= 0.6 is 0 Å². The Balaban J connectivity index is 2.18. The van der Waals surface area contributed by atoms with Gasteiger partial charge >= 0.3 is 0 Å². The fraction of sp³-hybridized carbons (Fsp3) is 0.600. The molecule has 1 aromatic rings. The number of aromatic hydroxyl groups is 1. The summed E-state index contributed by atoms with van der Waals surface area (Å²) >= 11 is 0. The van der Waals surface area contributed by atoms with Crippen LogP contribution in [0.2, 0.25) is 0 Å². The van der Waals surface area contributed by atoms with Gasteiger partial charge in [0, 0.05) is 36.4 Å². The van der Waals surface area contributed by atoms with Gasteiger partial charge in [-0.1, -0.05) is 12.5 Å². The van der Waals surface area contributed by atoms with Crippen molar-refractivity contribution in [1.29, 1.82) is 0 Å². The largest absolute Gasteiger partial charge is 0.508 e. The van der Waals surface area contributed by atoms with E-state index in [1.54, 1.807) is 0 Å². The molecule has 100 valence electrons. The van der Waals surface area contributed by atoms with Crippen molar-refractivity contribution in [2.24, 2.45) is 0 Å². The van der Waals surface area contributed by atoms with Crippen LogP contribution in [0.3, 0.4) is 0 Å². The van der Waals surface area contributed by atoms with Gasteiger partial charge in [-0.3, -0.25) is 0 Å². The first-order chi connectivity index (χ1) is 8.76. The molecule has 1 fully saturated rings. The Morgan fingerprint density at radius 1 is 1.28 bits per heavy atom. The number of hydrogen-bond acceptors (Lipinski definition) is 3. The Kier molecular flexibility index (Phi) is 4.48. The molecule has 0 aromatic heterocycles. The first-order valence-electron chi connectivity index (χ1n) is 7.07. The molecule has 0 bridgehead atoms. The van der Waals surface area contributed by atoms with Gasteiger partial charge in [0.15, 0.2) is 0 Å². The van der Waals surface area contributed by atoms with Gasteiger partial charge < -0.3 is 15.3 Å². The van der Waals surface area contributed by atoms with E-state index in [2.05, 4.69) is 36.2 Å². The number of phenolic OH excluding ortho intramolecular Hbond substituents is 1. The van der Waals surface area contributed by atoms with Crippen LogP contribution in [0.25, 0.3) is 0 Å². The fourth-order valence-electron chi connectivity index (χ4n) is 2.73. The highest BCUT2D eigenvalue weighted by Gasteiger charge is 2.18. The maximum Gasteiger partial charge on any atom is 0.122 e. The molecule has 1 heterocycles. The Morgan fingerprint density at radius 2 is 2.06 bits per heavy atom. The molecular formula is C15H24N2O. The van der Waals surface area contributed by atoms with Crippen LogP contribution in [-0.4, -0.2) is 24.7 Å². The summed E-state index contributed by atoms with van der Waals surface area (Å²) in [5, 5.41) is 13.7. The zero-order valence-corrected chi connectivity index (χ0v) is 11.4. The van der Waals surface area contributed by atoms with Crippen LogP contribution in [0.4, 0.5) is 5.69 Å². The van der Waals surface area contributed by atoms with Gasteiger partial charge in [0.2, 0.25) is 0 Å². The lowest BCUT2D eigenvalue weighted by atomic mass is 9.96. The van der Waals surface area contributed by atoms with Crippen molar-refractivity contribution < 1.29 is 5.11 Å². The highest BCUT2D eigenvalue weighted by molar-refractivity contribution is 5.54. The van der Waals surface area contributed by atoms with Crippen molar-refractivity contribution in [3.8, 4) is 5.75 Å². The fourth-order valence-corrected chi connectivity index (χ4v) is 2.73. The highest BCUT2D eigenvalue weighted by Crippen LogP contribution is 2.32. The average molecular weight is 248 g/mol. The van der Waals surface area contributed by atoms with E-state index in [-0.39, 0.29) is 0 Å². The van der Waals surface area contributed by atoms with Gasteiger partial charge in [0.1, 0.15) is 5.75 Å². The zero-order chi connectivity index (χ0) is 13.0. The second-order valence-electron chi connectivity index (χ2n) is 4.92. The number of piperidine rings is 1. The van der Waals surface area contributed by atoms with Crippen molar-refractivity contribution >= 4 is 5.69 Å². The maximum absolute atomic E-state index is 10.2. The molecule has 1 aromatic carbocycles. The summed E-state index contributed by atoms with van der Waals surface area (Å²) in [6, 6.07) is 6.42. The summed E-state index contributed by atoms with van der Waals surface area (Å²) in [5.41, 5.74) is 2.16. The van der Waals surface area contributed by atoms with E-state index in [1.165, 1.54) is 12.8 Å². The van der Waals surface area contributed by atoms with Crippen LogP contribution in [0, 0.1) is 0 Å². The van der Waals surface area contributed by atoms with Gasteiger partial charge in [0.05, 0.1) is 0 Å². The number of rotatable bonds is 4. The van der Waals surface area contributed by atoms with Gasteiger partial charge in [-0.25, -0.2) is 0 Å². The summed E-state index contributed by atoms with van der Waals surface area (Å²) in [7, 11) is 0. The monoisotopic (exact) mass is 248 g/mol. The average Bonchev–Trinajstić information content (AvgIpc) is 2.41. The van der Waals surface area contributed by atoms with Crippen LogP contribution in [-0.2, 0) is 0 Å². The summed E-state index contributed by atoms with van der Waals surface area (Å²) in [6.07, 6.45) is 3.61. The van der Waals surface area contributed by atoms with Gasteiger partial charge in [-0.2, -0.15) is 0 Å². The van der Waals surface area contributed by atoms with Crippen molar-refractivity contribution in [2.45, 2.75) is 39.2 Å². The van der Waals surface area contributed by atoms with Crippen LogP contribution in [0.15, 0.2) is 18.2 Å². The molecule has 1 atom stereocenters. The van der Waals surface area contributed by atoms with Gasteiger partial charge in [0.25, 0.3) is 0 Å². The van der Waals surface area contributed by atoms with Crippen molar-refractivity contribution in [3.63, 3.8) is 0 Å². The lowest BCUT2D eigenvalue weighted by molar-refractivity contribution is 0.391. The SMILES string of the molecule is CCN(CC)c1ccc([C@H]2CCCCN2)c(O)c1. The molecule has 2 rings (SSSR count). The van der Waals surface area contributed by atoms with E-state index in [0.717, 1.165) is 37.3 Å². The molecule has 3 nitrogen and oxygen atoms in total. The Hall–Kier alpha value is -1.22. The first kappa shape index (κ1) is 13.2. The molecule has 0 amide bonds. The summed E-state index contributed by atoms with van der Waals surface area (Å²) in [6.45, 7) is 7.27. The third-order valence-electron chi connectivity index (χ3n) is 3.83. The predicted octanol–water partition coefficient (Wildman–Crippen LogP) is 3.05. The number of phenols is 1. The molecule has 3 heteroatoms. The molecule has 0 unspecified atom stereocenters. The lowest BCUT2D eigenvalue weighted by Crippen LogP contribution is -2.27. The second-order valence-corrected chi connectivity index (χ2v) is 4.92. The molecule has 1 aliphatic rings. The van der Waals surface area contributed by atoms with E-state index in [9.17, 15) is 5.11 Å². The molecule has 1 saturated heterocycles. The summed E-state index contributed by atoms with van der Waals surface area (Å²) < 4.78 is 0. The Morgan fingerprint density at radius 3 is 2.61 bits per heavy atom. The minimum Gasteiger partial charge on any atom is -0.508 e. The Bertz CT molecular complexity index is 382. The number of benzene rings is 1. The molecule has 18 heavy (non-hydrogen) atoms. The summed E-state index contributed by atoms with van der Waals surface area (Å²) in [4.78, 5) is 2.25. The number of nitrogens with one attached hydrogen (secondary N) is 1. The topological polar surface area (TPSA) is 35.5 Å². The minimum atomic E-state index is 0.324. The quantitative estimate of drug-likeness (QED) is 0.859. The normalized spacial score (nSPS) is 19.8. The third-order valence-corrected chi connectivity index (χ3v) is 3.83. The molecular weight excluding hydrogens is 224 g/mol. The first-order valence-corrected chi connectivity index (χ1v) is 7.07. The van der Waals surface area contributed by atoms with Gasteiger partial charge in [-0.15, -0.1) is 0 Å². The van der Waals surface area contributed by atoms with E-state index in [1.807, 2.05) is 6.07 Å². The van der Waals surface area contributed by atoms with E-state index in [4.69, 9.17) is 0 Å². The van der Waals surface area contributed by atoms with Crippen molar-refractivity contribution in [2.75, 3.05) is 24.5 Å². The minimum absolute atomic E-state index is 0.324. The van der Waals surface area contributed by atoms with E-state index < -0.39 is 0 Å². The third kappa shape index (κ3) is 2.78. The molecule has 0 aliphatic carbocycles. The van der Waals surface area contributed by atoms with E-state index >= 15 is 0 Å². The van der Waals surface area contributed by atoms with Crippen LogP contribution in [0.5, 0.6) is 5.75 Å². The van der Waals surface area contributed by atoms with E-state index in [0.29, 0.717) is 11.8 Å². The number of anilines is 1. The Labute approximate surface area is 110 Å². The zero-order valence-electron chi connectivity index (χ0n) is 11.4. The maximum atomic E-state index is 10.2. The summed E-state index contributed by atoms with van der Waals surface area (Å²) in [5.74, 6) is 0.429. The molecule has 2 N–H and O–H groups in total. The van der Waals surface area contributed by atoms with Gasteiger partial charge in [-0.05, 0) is 39.3 Å². The van der Waals surface area contributed by atoms with Crippen molar-refractivity contribution in [3.05, 3.63) is 23.8 Å².